The van der Waals surface area contributed by atoms with E-state index in [0.29, 0.717) is 0 Å². The molecule has 0 radical (unpaired) electrons. The average molecular weight is 171 g/mol. The van der Waals surface area contributed by atoms with Gasteiger partial charge in [0.1, 0.15) is 0 Å². The largest absolute Gasteiger partial charge is 0.293 e. The molecular formula is C10H21NO. The molecule has 0 amide bonds. The van der Waals surface area contributed by atoms with Crippen LogP contribution in [-0.2, 0) is 4.84 Å². The Balaban J connectivity index is 2.26. The van der Waals surface area contributed by atoms with Crippen LogP contribution < -0.4 is 0 Å². The number of rotatable bonds is 1. The lowest BCUT2D eigenvalue weighted by Crippen LogP contribution is -2.39. The molecule has 0 unspecified atom stereocenters. The van der Waals surface area contributed by atoms with E-state index in [9.17, 15) is 0 Å². The molecule has 2 nitrogen and oxygen atoms in total. The van der Waals surface area contributed by atoms with Gasteiger partial charge in [0, 0.05) is 13.1 Å². The molecule has 0 saturated carbocycles. The number of hydrogen-bond acceptors (Lipinski definition) is 2. The van der Waals surface area contributed by atoms with Gasteiger partial charge in [-0.1, -0.05) is 6.92 Å². The van der Waals surface area contributed by atoms with Gasteiger partial charge in [0.2, 0.25) is 0 Å². The molecule has 1 fully saturated rings. The third-order valence-corrected chi connectivity index (χ3v) is 2.15. The Morgan fingerprint density at radius 1 is 1.17 bits per heavy atom. The molecule has 0 aromatic carbocycles. The molecule has 72 valence electrons. The van der Waals surface area contributed by atoms with E-state index in [1.807, 2.05) is 0 Å². The molecular weight excluding hydrogens is 150 g/mol. The smallest absolute Gasteiger partial charge is 0.0815 e. The maximum Gasteiger partial charge on any atom is 0.0815 e. The van der Waals surface area contributed by atoms with Crippen molar-refractivity contribution in [1.29, 1.82) is 0 Å². The van der Waals surface area contributed by atoms with Crippen molar-refractivity contribution in [3.8, 4) is 0 Å². The van der Waals surface area contributed by atoms with Gasteiger partial charge in [-0.15, -0.1) is 0 Å². The highest BCUT2D eigenvalue weighted by Gasteiger charge is 2.21. The number of piperidine rings is 1. The average Bonchev–Trinajstić information content (AvgIpc) is 1.91. The standard InChI is InChI=1S/C10H21NO/c1-9-5-7-11(8-6-9)12-10(2,3)4/h9H,5-8H2,1-4H3. The first-order valence-electron chi connectivity index (χ1n) is 4.91. The fraction of sp³-hybridized carbons (Fsp3) is 1.00. The zero-order chi connectivity index (χ0) is 9.19. The third kappa shape index (κ3) is 3.55. The first kappa shape index (κ1) is 10.0. The molecule has 0 bridgehead atoms. The van der Waals surface area contributed by atoms with Gasteiger partial charge in [0.25, 0.3) is 0 Å². The van der Waals surface area contributed by atoms with Crippen molar-refractivity contribution >= 4 is 0 Å². The molecule has 0 atom stereocenters. The van der Waals surface area contributed by atoms with Crippen molar-refractivity contribution in [2.45, 2.75) is 46.1 Å². The topological polar surface area (TPSA) is 12.5 Å². The molecule has 0 aromatic rings. The van der Waals surface area contributed by atoms with Gasteiger partial charge in [-0.3, -0.25) is 4.84 Å². The van der Waals surface area contributed by atoms with Crippen LogP contribution in [0, 0.1) is 5.92 Å². The lowest BCUT2D eigenvalue weighted by Gasteiger charge is -2.34. The molecule has 1 aliphatic heterocycles. The first-order valence-corrected chi connectivity index (χ1v) is 4.91. The van der Waals surface area contributed by atoms with Crippen LogP contribution >= 0.6 is 0 Å². The Kier molecular flexibility index (Phi) is 3.13. The number of hydroxylamine groups is 2. The van der Waals surface area contributed by atoms with Crippen molar-refractivity contribution in [1.82, 2.24) is 5.06 Å². The van der Waals surface area contributed by atoms with Gasteiger partial charge in [0.05, 0.1) is 5.60 Å². The molecule has 1 aliphatic rings. The van der Waals surface area contributed by atoms with E-state index in [1.165, 1.54) is 12.8 Å². The van der Waals surface area contributed by atoms with E-state index in [0.717, 1.165) is 19.0 Å². The van der Waals surface area contributed by atoms with Crippen LogP contribution in [0.5, 0.6) is 0 Å². The van der Waals surface area contributed by atoms with Crippen LogP contribution in [0.15, 0.2) is 0 Å². The van der Waals surface area contributed by atoms with Crippen molar-refractivity contribution in [3.63, 3.8) is 0 Å². The summed E-state index contributed by atoms with van der Waals surface area (Å²) in [6.45, 7) is 10.8. The van der Waals surface area contributed by atoms with Crippen molar-refractivity contribution in [2.24, 2.45) is 5.92 Å². The normalized spacial score (nSPS) is 23.0. The first-order chi connectivity index (χ1) is 5.47. The maximum atomic E-state index is 5.76. The zero-order valence-corrected chi connectivity index (χ0v) is 8.76. The van der Waals surface area contributed by atoms with Crippen LogP contribution in [0.4, 0.5) is 0 Å². The summed E-state index contributed by atoms with van der Waals surface area (Å²) in [5.41, 5.74) is -0.0272. The monoisotopic (exact) mass is 171 g/mol. The van der Waals surface area contributed by atoms with Crippen molar-refractivity contribution < 1.29 is 4.84 Å². The predicted molar refractivity (Wildman–Crippen MR) is 50.8 cm³/mol. The highest BCUT2D eigenvalue weighted by atomic mass is 16.7. The Bertz CT molecular complexity index is 131. The molecule has 1 rings (SSSR count). The van der Waals surface area contributed by atoms with Crippen LogP contribution in [0.1, 0.15) is 40.5 Å². The van der Waals surface area contributed by atoms with E-state index in [-0.39, 0.29) is 5.60 Å². The maximum absolute atomic E-state index is 5.76. The van der Waals surface area contributed by atoms with Gasteiger partial charge in [-0.2, -0.15) is 5.06 Å². The lowest BCUT2D eigenvalue weighted by atomic mass is 10.0. The molecule has 1 saturated heterocycles. The van der Waals surface area contributed by atoms with Gasteiger partial charge < -0.3 is 0 Å². The summed E-state index contributed by atoms with van der Waals surface area (Å²) in [5.74, 6) is 0.879. The molecule has 0 spiro atoms. The molecule has 12 heavy (non-hydrogen) atoms. The van der Waals surface area contributed by atoms with E-state index < -0.39 is 0 Å². The van der Waals surface area contributed by atoms with Crippen LogP contribution in [0.3, 0.4) is 0 Å². The predicted octanol–water partition coefficient (Wildman–Crippen LogP) is 2.45. The fourth-order valence-corrected chi connectivity index (χ4v) is 1.46. The summed E-state index contributed by atoms with van der Waals surface area (Å²) in [5, 5.41) is 2.11. The SMILES string of the molecule is CC1CCN(OC(C)(C)C)CC1. The van der Waals surface area contributed by atoms with E-state index in [1.54, 1.807) is 0 Å². The van der Waals surface area contributed by atoms with Crippen molar-refractivity contribution in [2.75, 3.05) is 13.1 Å². The molecule has 0 N–H and O–H groups in total. The third-order valence-electron chi connectivity index (χ3n) is 2.15. The molecule has 0 aromatic heterocycles. The fourth-order valence-electron chi connectivity index (χ4n) is 1.46. The van der Waals surface area contributed by atoms with Crippen LogP contribution in [0.25, 0.3) is 0 Å². The Labute approximate surface area is 75.8 Å². The van der Waals surface area contributed by atoms with Crippen LogP contribution in [0.2, 0.25) is 0 Å². The van der Waals surface area contributed by atoms with Gasteiger partial charge >= 0.3 is 0 Å². The van der Waals surface area contributed by atoms with Gasteiger partial charge in [0.15, 0.2) is 0 Å². The minimum absolute atomic E-state index is 0.0272. The molecule has 0 aliphatic carbocycles. The summed E-state index contributed by atoms with van der Waals surface area (Å²) in [6.07, 6.45) is 2.55. The lowest BCUT2D eigenvalue weighted by molar-refractivity contribution is -0.238. The van der Waals surface area contributed by atoms with Gasteiger partial charge in [-0.25, -0.2) is 0 Å². The summed E-state index contributed by atoms with van der Waals surface area (Å²) in [6, 6.07) is 0. The van der Waals surface area contributed by atoms with E-state index in [2.05, 4.69) is 32.8 Å². The quantitative estimate of drug-likeness (QED) is 0.601. The minimum atomic E-state index is -0.0272. The second-order valence-corrected chi connectivity index (χ2v) is 4.82. The van der Waals surface area contributed by atoms with Crippen molar-refractivity contribution in [3.05, 3.63) is 0 Å². The van der Waals surface area contributed by atoms with E-state index >= 15 is 0 Å². The zero-order valence-electron chi connectivity index (χ0n) is 8.76. The highest BCUT2D eigenvalue weighted by molar-refractivity contribution is 4.66. The highest BCUT2D eigenvalue weighted by Crippen LogP contribution is 2.19. The Morgan fingerprint density at radius 3 is 2.08 bits per heavy atom. The summed E-state index contributed by atoms with van der Waals surface area (Å²) in [4.78, 5) is 5.76. The second kappa shape index (κ2) is 3.75. The molecule has 2 heteroatoms. The molecule has 1 heterocycles. The summed E-state index contributed by atoms with van der Waals surface area (Å²) in [7, 11) is 0. The minimum Gasteiger partial charge on any atom is -0.293 e. The number of nitrogens with zero attached hydrogens (tertiary/aromatic N) is 1. The van der Waals surface area contributed by atoms with Gasteiger partial charge in [-0.05, 0) is 39.5 Å². The summed E-state index contributed by atoms with van der Waals surface area (Å²) < 4.78 is 0. The Hall–Kier alpha value is -0.0800. The van der Waals surface area contributed by atoms with Crippen LogP contribution in [-0.4, -0.2) is 23.8 Å². The Morgan fingerprint density at radius 2 is 1.67 bits per heavy atom. The summed E-state index contributed by atoms with van der Waals surface area (Å²) >= 11 is 0. The van der Waals surface area contributed by atoms with E-state index in [4.69, 9.17) is 4.84 Å². The second-order valence-electron chi connectivity index (χ2n) is 4.82. The number of hydrogen-bond donors (Lipinski definition) is 0.